The van der Waals surface area contributed by atoms with E-state index in [4.69, 9.17) is 15.9 Å². The van der Waals surface area contributed by atoms with Gasteiger partial charge in [-0.3, -0.25) is 19.2 Å². The lowest BCUT2D eigenvalue weighted by Crippen LogP contribution is -2.53. The Bertz CT molecular complexity index is 550. The van der Waals surface area contributed by atoms with E-state index in [9.17, 15) is 24.0 Å². The van der Waals surface area contributed by atoms with Crippen molar-refractivity contribution < 1.29 is 34.2 Å². The summed E-state index contributed by atoms with van der Waals surface area (Å²) in [6.45, 7) is 4.43. The molecule has 0 spiro atoms. The Hall–Kier alpha value is -2.69. The fourth-order valence-corrected chi connectivity index (χ4v) is 1.77. The molecule has 11 heteroatoms. The lowest BCUT2D eigenvalue weighted by Gasteiger charge is -2.19. The zero-order chi connectivity index (χ0) is 20.4. The summed E-state index contributed by atoms with van der Waals surface area (Å²) < 4.78 is 0. The predicted octanol–water partition coefficient (Wildman–Crippen LogP) is -1.98. The lowest BCUT2D eigenvalue weighted by molar-refractivity contribution is -0.143. The van der Waals surface area contributed by atoms with Gasteiger partial charge in [0.05, 0.1) is 12.6 Å². The van der Waals surface area contributed by atoms with Crippen LogP contribution >= 0.6 is 0 Å². The summed E-state index contributed by atoms with van der Waals surface area (Å²) in [5, 5.41) is 24.3. The highest BCUT2D eigenvalue weighted by atomic mass is 16.4. The molecule has 0 aliphatic heterocycles. The molecule has 0 fully saturated rings. The number of rotatable bonds is 11. The minimum atomic E-state index is -1.39. The van der Waals surface area contributed by atoms with Crippen LogP contribution in [0.5, 0.6) is 0 Å². The van der Waals surface area contributed by atoms with Crippen molar-refractivity contribution in [2.45, 2.75) is 51.7 Å². The van der Waals surface area contributed by atoms with Crippen LogP contribution < -0.4 is 21.7 Å². The first-order chi connectivity index (χ1) is 12.0. The van der Waals surface area contributed by atoms with Gasteiger partial charge in [-0.1, -0.05) is 13.8 Å². The van der Waals surface area contributed by atoms with E-state index in [0.717, 1.165) is 0 Å². The van der Waals surface area contributed by atoms with Crippen molar-refractivity contribution in [1.82, 2.24) is 16.0 Å². The molecule has 26 heavy (non-hydrogen) atoms. The van der Waals surface area contributed by atoms with E-state index in [1.807, 2.05) is 0 Å². The Morgan fingerprint density at radius 2 is 1.54 bits per heavy atom. The zero-order valence-electron chi connectivity index (χ0n) is 14.9. The summed E-state index contributed by atoms with van der Waals surface area (Å²) in [6, 6.07) is -3.24. The van der Waals surface area contributed by atoms with E-state index < -0.39 is 60.8 Å². The Morgan fingerprint density at radius 3 is 2.00 bits per heavy atom. The molecule has 3 amide bonds. The van der Waals surface area contributed by atoms with Crippen molar-refractivity contribution in [2.24, 2.45) is 11.7 Å². The van der Waals surface area contributed by atoms with Crippen molar-refractivity contribution >= 4 is 29.7 Å². The monoisotopic (exact) mass is 374 g/mol. The molecule has 3 atom stereocenters. The van der Waals surface area contributed by atoms with Crippen LogP contribution in [0.1, 0.15) is 33.6 Å². The van der Waals surface area contributed by atoms with Gasteiger partial charge in [0.1, 0.15) is 12.1 Å². The quantitative estimate of drug-likeness (QED) is 0.240. The molecule has 7 N–H and O–H groups in total. The molecule has 148 valence electrons. The van der Waals surface area contributed by atoms with Crippen LogP contribution in [0.4, 0.5) is 0 Å². The van der Waals surface area contributed by atoms with Crippen LogP contribution in [0.25, 0.3) is 0 Å². The van der Waals surface area contributed by atoms with E-state index in [0.29, 0.717) is 0 Å². The Balaban J connectivity index is 4.46. The van der Waals surface area contributed by atoms with E-state index in [1.165, 1.54) is 6.92 Å². The summed E-state index contributed by atoms with van der Waals surface area (Å²) in [4.78, 5) is 56.9. The third-order valence-electron chi connectivity index (χ3n) is 3.48. The zero-order valence-corrected chi connectivity index (χ0v) is 14.9. The SMILES string of the molecule is CC(NC(=O)CNC(=O)C(N)C(C)C)C(=O)NC(CCC(=O)O)C(=O)O. The van der Waals surface area contributed by atoms with Crippen molar-refractivity contribution in [3.05, 3.63) is 0 Å². The first-order valence-corrected chi connectivity index (χ1v) is 8.03. The number of nitrogens with two attached hydrogens (primary N) is 1. The molecule has 0 aliphatic carbocycles. The third kappa shape index (κ3) is 8.97. The highest BCUT2D eigenvalue weighted by Crippen LogP contribution is 1.99. The van der Waals surface area contributed by atoms with Crippen molar-refractivity contribution in [3.8, 4) is 0 Å². The first kappa shape index (κ1) is 23.3. The van der Waals surface area contributed by atoms with Gasteiger partial charge in [-0.15, -0.1) is 0 Å². The van der Waals surface area contributed by atoms with Gasteiger partial charge in [-0.2, -0.15) is 0 Å². The van der Waals surface area contributed by atoms with Crippen molar-refractivity contribution in [3.63, 3.8) is 0 Å². The maximum Gasteiger partial charge on any atom is 0.326 e. The summed E-state index contributed by atoms with van der Waals surface area (Å²) in [6.07, 6.45) is -0.722. The molecule has 0 heterocycles. The first-order valence-electron chi connectivity index (χ1n) is 8.03. The van der Waals surface area contributed by atoms with Crippen LogP contribution in [-0.4, -0.2) is 64.5 Å². The van der Waals surface area contributed by atoms with Crippen molar-refractivity contribution in [2.75, 3.05) is 6.54 Å². The third-order valence-corrected chi connectivity index (χ3v) is 3.48. The van der Waals surface area contributed by atoms with E-state index in [-0.39, 0.29) is 12.3 Å². The fourth-order valence-electron chi connectivity index (χ4n) is 1.77. The second kappa shape index (κ2) is 11.0. The molecule has 0 rings (SSSR count). The number of hydrogen-bond donors (Lipinski definition) is 6. The molecular formula is C15H26N4O7. The summed E-state index contributed by atoms with van der Waals surface area (Å²) in [5.74, 6) is -4.64. The molecule has 0 saturated carbocycles. The van der Waals surface area contributed by atoms with Crippen LogP contribution in [0.15, 0.2) is 0 Å². The Labute approximate surface area is 150 Å². The minimum Gasteiger partial charge on any atom is -0.481 e. The molecule has 0 saturated heterocycles. The number of aliphatic carboxylic acids is 2. The van der Waals surface area contributed by atoms with Gasteiger partial charge in [0.15, 0.2) is 0 Å². The number of nitrogens with one attached hydrogen (secondary N) is 3. The number of carboxylic acids is 2. The van der Waals surface area contributed by atoms with E-state index in [2.05, 4.69) is 16.0 Å². The van der Waals surface area contributed by atoms with Crippen LogP contribution in [0.3, 0.4) is 0 Å². The molecule has 11 nitrogen and oxygen atoms in total. The molecule has 0 radical (unpaired) electrons. The normalized spacial score (nSPS) is 14.0. The topological polar surface area (TPSA) is 188 Å². The second-order valence-electron chi connectivity index (χ2n) is 6.11. The van der Waals surface area contributed by atoms with E-state index >= 15 is 0 Å². The average molecular weight is 374 g/mol. The van der Waals surface area contributed by atoms with Gasteiger partial charge in [-0.25, -0.2) is 4.79 Å². The van der Waals surface area contributed by atoms with Gasteiger partial charge >= 0.3 is 11.9 Å². The smallest absolute Gasteiger partial charge is 0.326 e. The standard InChI is InChI=1S/C15H26N4O7/c1-7(2)12(16)14(24)17-6-10(20)18-8(3)13(23)19-9(15(25)26)4-5-11(21)22/h7-9,12H,4-6,16H2,1-3H3,(H,17,24)(H,18,20)(H,19,23)(H,21,22)(H,25,26). The van der Waals surface area contributed by atoms with Gasteiger partial charge in [0.25, 0.3) is 0 Å². The number of carboxylic acid groups (broad SMARTS) is 2. The van der Waals surface area contributed by atoms with Gasteiger partial charge in [0, 0.05) is 6.42 Å². The molecule has 0 aliphatic rings. The maximum atomic E-state index is 11.9. The summed E-state index contributed by atoms with van der Waals surface area (Å²) in [7, 11) is 0. The Kier molecular flexibility index (Phi) is 9.89. The maximum absolute atomic E-state index is 11.9. The lowest BCUT2D eigenvalue weighted by atomic mass is 10.1. The van der Waals surface area contributed by atoms with Crippen LogP contribution in [-0.2, 0) is 24.0 Å². The van der Waals surface area contributed by atoms with Crippen LogP contribution in [0, 0.1) is 5.92 Å². The number of carbonyl (C=O) groups excluding carboxylic acids is 3. The molecule has 0 aromatic rings. The predicted molar refractivity (Wildman–Crippen MR) is 89.9 cm³/mol. The van der Waals surface area contributed by atoms with Crippen LogP contribution in [0.2, 0.25) is 0 Å². The van der Waals surface area contributed by atoms with E-state index in [1.54, 1.807) is 13.8 Å². The van der Waals surface area contributed by atoms with Gasteiger partial charge < -0.3 is 31.9 Å². The minimum absolute atomic E-state index is 0.110. The fraction of sp³-hybridized carbons (Fsp3) is 0.667. The largest absolute Gasteiger partial charge is 0.481 e. The number of amides is 3. The highest BCUT2D eigenvalue weighted by molar-refractivity contribution is 5.92. The molecule has 0 aromatic heterocycles. The van der Waals surface area contributed by atoms with Gasteiger partial charge in [-0.05, 0) is 19.3 Å². The summed E-state index contributed by atoms with van der Waals surface area (Å²) in [5.41, 5.74) is 5.62. The number of hydrogen-bond acceptors (Lipinski definition) is 6. The highest BCUT2D eigenvalue weighted by Gasteiger charge is 2.25. The molecule has 0 aromatic carbocycles. The van der Waals surface area contributed by atoms with Crippen molar-refractivity contribution in [1.29, 1.82) is 0 Å². The number of carbonyl (C=O) groups is 5. The molecule has 0 bridgehead atoms. The second-order valence-corrected chi connectivity index (χ2v) is 6.11. The summed E-state index contributed by atoms with van der Waals surface area (Å²) >= 11 is 0. The van der Waals surface area contributed by atoms with Gasteiger partial charge in [0.2, 0.25) is 17.7 Å². The average Bonchev–Trinajstić information content (AvgIpc) is 2.54. The molecular weight excluding hydrogens is 348 g/mol. The Morgan fingerprint density at radius 1 is 0.962 bits per heavy atom. The molecule has 3 unspecified atom stereocenters.